The average molecular weight is 494 g/mol. The van der Waals surface area contributed by atoms with Gasteiger partial charge in [0.25, 0.3) is 0 Å². The molecular formula is C31H63N3O. The van der Waals surface area contributed by atoms with Gasteiger partial charge in [0, 0.05) is 38.1 Å². The molecule has 0 rings (SSSR count). The third kappa shape index (κ3) is 20.8. The number of hydrogen-bond acceptors (Lipinski definition) is 3. The quantitative estimate of drug-likeness (QED) is 0.126. The molecule has 0 radical (unpaired) electrons. The summed E-state index contributed by atoms with van der Waals surface area (Å²) in [5, 5.41) is 6.77. The van der Waals surface area contributed by atoms with Crippen LogP contribution < -0.4 is 10.6 Å². The maximum absolute atomic E-state index is 12.1. The Hall–Kier alpha value is -1.03. The first-order valence-electron chi connectivity index (χ1n) is 15.4. The molecule has 1 amide bonds. The van der Waals surface area contributed by atoms with E-state index in [1.54, 1.807) is 0 Å². The summed E-state index contributed by atoms with van der Waals surface area (Å²) in [5.41, 5.74) is -0.0397. The van der Waals surface area contributed by atoms with Crippen LogP contribution in [0.1, 0.15) is 144 Å². The molecule has 0 aliphatic heterocycles. The van der Waals surface area contributed by atoms with Crippen LogP contribution in [0.15, 0.2) is 12.3 Å². The van der Waals surface area contributed by atoms with E-state index in [0.717, 1.165) is 25.8 Å². The first-order chi connectivity index (χ1) is 16.9. The zero-order valence-corrected chi connectivity index (χ0v) is 24.7. The van der Waals surface area contributed by atoms with E-state index in [4.69, 9.17) is 0 Å². The van der Waals surface area contributed by atoms with Crippen LogP contribution in [-0.2, 0) is 4.79 Å². The standard InChI is InChI=1S/C31H63N3O/c1-7-11-13-15-17-19-26-34(27-20-18-16-14-12-8-2)28-23-31(6,10-4)33-25-24-32-30(35)22-21-29(5)9-3/h23,28-29,33H,7-22,24-27H2,1-6H3,(H,32,35)/b28-23+. The van der Waals surface area contributed by atoms with Crippen molar-refractivity contribution in [2.45, 2.75) is 150 Å². The zero-order chi connectivity index (χ0) is 26.2. The predicted molar refractivity (Wildman–Crippen MR) is 156 cm³/mol. The molecule has 0 aromatic rings. The summed E-state index contributed by atoms with van der Waals surface area (Å²) in [6.45, 7) is 17.3. The van der Waals surface area contributed by atoms with E-state index < -0.39 is 0 Å². The first kappa shape index (κ1) is 34.0. The Morgan fingerprint density at radius 1 is 0.829 bits per heavy atom. The molecule has 0 spiro atoms. The highest BCUT2D eigenvalue weighted by atomic mass is 16.1. The summed E-state index contributed by atoms with van der Waals surface area (Å²) in [5.74, 6) is 0.813. The Kier molecular flexibility index (Phi) is 22.7. The third-order valence-electron chi connectivity index (χ3n) is 7.52. The normalized spacial score (nSPS) is 14.2. The van der Waals surface area contributed by atoms with Gasteiger partial charge in [-0.15, -0.1) is 0 Å². The minimum Gasteiger partial charge on any atom is -0.378 e. The molecule has 0 saturated heterocycles. The third-order valence-corrected chi connectivity index (χ3v) is 7.52. The van der Waals surface area contributed by atoms with Gasteiger partial charge in [-0.25, -0.2) is 0 Å². The highest BCUT2D eigenvalue weighted by Gasteiger charge is 2.17. The van der Waals surface area contributed by atoms with Crippen molar-refractivity contribution >= 4 is 5.91 Å². The maximum Gasteiger partial charge on any atom is 0.220 e. The van der Waals surface area contributed by atoms with Crippen LogP contribution in [-0.4, -0.2) is 42.5 Å². The fourth-order valence-corrected chi connectivity index (χ4v) is 4.24. The largest absolute Gasteiger partial charge is 0.378 e. The summed E-state index contributed by atoms with van der Waals surface area (Å²) >= 11 is 0. The topological polar surface area (TPSA) is 44.4 Å². The second kappa shape index (κ2) is 23.4. The van der Waals surface area contributed by atoms with Crippen molar-refractivity contribution in [2.24, 2.45) is 5.92 Å². The Labute approximate surface area is 220 Å². The molecule has 0 aromatic carbocycles. The number of nitrogens with zero attached hydrogens (tertiary/aromatic N) is 1. The lowest BCUT2D eigenvalue weighted by Crippen LogP contribution is -2.44. The number of rotatable bonds is 25. The van der Waals surface area contributed by atoms with Crippen LogP contribution in [0.4, 0.5) is 0 Å². The summed E-state index contributed by atoms with van der Waals surface area (Å²) in [6, 6.07) is 0. The van der Waals surface area contributed by atoms with Gasteiger partial charge in [-0.05, 0) is 50.8 Å². The van der Waals surface area contributed by atoms with Crippen molar-refractivity contribution in [2.75, 3.05) is 26.2 Å². The Balaban J connectivity index is 4.55. The van der Waals surface area contributed by atoms with E-state index >= 15 is 0 Å². The SMILES string of the molecule is CCCCCCCCN(/C=C/C(C)(CC)NCCNC(=O)CCC(C)CC)CCCCCCCC. The number of unbranched alkanes of at least 4 members (excludes halogenated alkanes) is 10. The van der Waals surface area contributed by atoms with Gasteiger partial charge in [0.15, 0.2) is 0 Å². The van der Waals surface area contributed by atoms with Crippen LogP contribution in [0.3, 0.4) is 0 Å². The predicted octanol–water partition coefficient (Wildman–Crippen LogP) is 8.22. The molecule has 0 fully saturated rings. The van der Waals surface area contributed by atoms with Gasteiger partial charge < -0.3 is 15.5 Å². The lowest BCUT2D eigenvalue weighted by Gasteiger charge is -2.28. The zero-order valence-electron chi connectivity index (χ0n) is 24.7. The monoisotopic (exact) mass is 493 g/mol. The maximum atomic E-state index is 12.1. The van der Waals surface area contributed by atoms with Crippen molar-refractivity contribution < 1.29 is 4.79 Å². The van der Waals surface area contributed by atoms with Crippen LogP contribution in [0, 0.1) is 5.92 Å². The van der Waals surface area contributed by atoms with Gasteiger partial charge in [0.05, 0.1) is 0 Å². The molecule has 2 unspecified atom stereocenters. The van der Waals surface area contributed by atoms with Gasteiger partial charge in [0.1, 0.15) is 0 Å². The summed E-state index contributed by atoms with van der Waals surface area (Å²) < 4.78 is 0. The highest BCUT2D eigenvalue weighted by molar-refractivity contribution is 5.75. The molecule has 0 saturated carbocycles. The lowest BCUT2D eigenvalue weighted by atomic mass is 9.98. The van der Waals surface area contributed by atoms with E-state index in [1.807, 2.05) is 0 Å². The minimum atomic E-state index is -0.0397. The van der Waals surface area contributed by atoms with Gasteiger partial charge in [-0.2, -0.15) is 0 Å². The fraction of sp³-hybridized carbons (Fsp3) is 0.903. The second-order valence-corrected chi connectivity index (χ2v) is 11.0. The van der Waals surface area contributed by atoms with Crippen LogP contribution in [0.25, 0.3) is 0 Å². The molecule has 4 heteroatoms. The average Bonchev–Trinajstić information content (AvgIpc) is 2.87. The summed E-state index contributed by atoms with van der Waals surface area (Å²) in [6.07, 6.45) is 24.7. The van der Waals surface area contributed by atoms with Crippen LogP contribution >= 0.6 is 0 Å². The van der Waals surface area contributed by atoms with E-state index in [0.29, 0.717) is 18.9 Å². The Morgan fingerprint density at radius 2 is 1.37 bits per heavy atom. The van der Waals surface area contributed by atoms with Gasteiger partial charge >= 0.3 is 0 Å². The fourth-order valence-electron chi connectivity index (χ4n) is 4.24. The summed E-state index contributed by atoms with van der Waals surface area (Å²) in [4.78, 5) is 14.6. The lowest BCUT2D eigenvalue weighted by molar-refractivity contribution is -0.121. The molecule has 0 heterocycles. The molecular weight excluding hydrogens is 430 g/mol. The Morgan fingerprint density at radius 3 is 1.89 bits per heavy atom. The van der Waals surface area contributed by atoms with Crippen molar-refractivity contribution in [1.29, 1.82) is 0 Å². The molecule has 0 aliphatic rings. The van der Waals surface area contributed by atoms with Gasteiger partial charge in [0.2, 0.25) is 5.91 Å². The molecule has 2 N–H and O–H groups in total. The number of amides is 1. The molecule has 0 aromatic heterocycles. The first-order valence-corrected chi connectivity index (χ1v) is 15.4. The smallest absolute Gasteiger partial charge is 0.220 e. The van der Waals surface area contributed by atoms with Crippen molar-refractivity contribution in [3.05, 3.63) is 12.3 Å². The van der Waals surface area contributed by atoms with Gasteiger partial charge in [-0.1, -0.05) is 105 Å². The molecule has 0 bridgehead atoms. The summed E-state index contributed by atoms with van der Waals surface area (Å²) in [7, 11) is 0. The van der Waals surface area contributed by atoms with E-state index in [-0.39, 0.29) is 11.4 Å². The number of nitrogens with one attached hydrogen (secondary N) is 2. The van der Waals surface area contributed by atoms with Gasteiger partial charge in [-0.3, -0.25) is 4.79 Å². The van der Waals surface area contributed by atoms with E-state index in [1.165, 1.54) is 90.1 Å². The number of carbonyl (C=O) groups is 1. The van der Waals surface area contributed by atoms with Crippen molar-refractivity contribution in [3.63, 3.8) is 0 Å². The van der Waals surface area contributed by atoms with Crippen LogP contribution in [0.2, 0.25) is 0 Å². The highest BCUT2D eigenvalue weighted by Crippen LogP contribution is 2.14. The van der Waals surface area contributed by atoms with Crippen molar-refractivity contribution in [1.82, 2.24) is 15.5 Å². The van der Waals surface area contributed by atoms with E-state index in [2.05, 4.69) is 69.4 Å². The molecule has 208 valence electrons. The molecule has 4 nitrogen and oxygen atoms in total. The number of hydrogen-bond donors (Lipinski definition) is 2. The second-order valence-electron chi connectivity index (χ2n) is 11.0. The minimum absolute atomic E-state index is 0.0397. The Bertz CT molecular complexity index is 491. The van der Waals surface area contributed by atoms with Crippen LogP contribution in [0.5, 0.6) is 0 Å². The molecule has 0 aliphatic carbocycles. The van der Waals surface area contributed by atoms with Crippen molar-refractivity contribution in [3.8, 4) is 0 Å². The molecule has 2 atom stereocenters. The van der Waals surface area contributed by atoms with E-state index in [9.17, 15) is 4.79 Å². The number of carbonyl (C=O) groups excluding carboxylic acids is 1. The molecule has 35 heavy (non-hydrogen) atoms.